The molecule has 0 saturated carbocycles. The number of esters is 1. The van der Waals surface area contributed by atoms with Crippen molar-refractivity contribution in [1.82, 2.24) is 9.36 Å². The molecule has 4 nitrogen and oxygen atoms in total. The topological polar surface area (TPSA) is 52.1 Å². The molecular weight excluding hydrogens is 319 g/mol. The van der Waals surface area contributed by atoms with Crippen LogP contribution in [0.5, 0.6) is 5.75 Å². The molecule has 0 N–H and O–H groups in total. The maximum absolute atomic E-state index is 12.0. The molecule has 0 spiro atoms. The summed E-state index contributed by atoms with van der Waals surface area (Å²) in [4.78, 5) is 16.2. The molecule has 1 aromatic carbocycles. The molecule has 0 aliphatic rings. The molecule has 100 valence electrons. The van der Waals surface area contributed by atoms with Crippen LogP contribution in [-0.4, -0.2) is 15.3 Å². The summed E-state index contributed by atoms with van der Waals surface area (Å²) in [5.41, 5.74) is 0.607. The molecule has 0 amide bonds. The van der Waals surface area contributed by atoms with E-state index < -0.39 is 5.97 Å². The number of hydrogen-bond acceptors (Lipinski definition) is 5. The van der Waals surface area contributed by atoms with E-state index in [0.717, 1.165) is 16.9 Å². The van der Waals surface area contributed by atoms with Gasteiger partial charge in [0.2, 0.25) is 0 Å². The molecule has 20 heavy (non-hydrogen) atoms. The van der Waals surface area contributed by atoms with Crippen molar-refractivity contribution >= 4 is 51.6 Å². The Labute approximate surface area is 128 Å². The van der Waals surface area contributed by atoms with Crippen LogP contribution in [0.15, 0.2) is 36.5 Å². The summed E-state index contributed by atoms with van der Waals surface area (Å²) in [7, 11) is 0. The molecule has 0 radical (unpaired) electrons. The van der Waals surface area contributed by atoms with Gasteiger partial charge >= 0.3 is 5.97 Å². The van der Waals surface area contributed by atoms with Gasteiger partial charge in [-0.05, 0) is 23.7 Å². The van der Waals surface area contributed by atoms with Gasteiger partial charge in [-0.2, -0.15) is 4.37 Å². The van der Waals surface area contributed by atoms with Gasteiger partial charge in [0.1, 0.15) is 14.9 Å². The smallest absolute Gasteiger partial charge is 0.365 e. The van der Waals surface area contributed by atoms with E-state index in [1.165, 1.54) is 0 Å². The number of ether oxygens (including phenoxy) is 1. The third-order valence-corrected chi connectivity index (χ3v) is 4.20. The Morgan fingerprint density at radius 3 is 2.75 bits per heavy atom. The van der Waals surface area contributed by atoms with E-state index in [4.69, 9.17) is 27.9 Å². The lowest BCUT2D eigenvalue weighted by molar-refractivity contribution is 0.0732. The molecule has 3 aromatic rings. The van der Waals surface area contributed by atoms with Crippen LogP contribution in [0, 0.1) is 0 Å². The number of carbonyl (C=O) groups is 1. The van der Waals surface area contributed by atoms with Gasteiger partial charge < -0.3 is 4.74 Å². The Morgan fingerprint density at radius 2 is 2.00 bits per heavy atom. The first kappa shape index (κ1) is 13.3. The zero-order valence-corrected chi connectivity index (χ0v) is 12.2. The highest BCUT2D eigenvalue weighted by molar-refractivity contribution is 7.11. The van der Waals surface area contributed by atoms with Crippen LogP contribution in [0.4, 0.5) is 0 Å². The van der Waals surface area contributed by atoms with Crippen LogP contribution in [0.25, 0.3) is 10.9 Å². The third-order valence-electron chi connectivity index (χ3n) is 2.59. The van der Waals surface area contributed by atoms with Crippen LogP contribution >= 0.6 is 34.7 Å². The minimum atomic E-state index is -0.656. The third kappa shape index (κ3) is 2.35. The average Bonchev–Trinajstić information content (AvgIpc) is 2.79. The van der Waals surface area contributed by atoms with E-state index >= 15 is 0 Å². The largest absolute Gasteiger partial charge is 0.419 e. The zero-order chi connectivity index (χ0) is 14.1. The first-order chi connectivity index (χ1) is 9.66. The molecule has 0 bridgehead atoms. The standard InChI is InChI=1S/C13H6Cl2N2O2S/c14-9-11(17-20-12(9)15)13(18)19-8-5-1-3-7-4-2-6-16-10(7)8/h1-6H. The summed E-state index contributed by atoms with van der Waals surface area (Å²) in [6.45, 7) is 0. The second-order valence-electron chi connectivity index (χ2n) is 3.84. The second-order valence-corrected chi connectivity index (χ2v) is 5.59. The van der Waals surface area contributed by atoms with Gasteiger partial charge in [-0.25, -0.2) is 4.79 Å². The Morgan fingerprint density at radius 1 is 1.20 bits per heavy atom. The summed E-state index contributed by atoms with van der Waals surface area (Å²) in [5, 5.41) is 0.982. The number of nitrogens with zero attached hydrogens (tertiary/aromatic N) is 2. The Kier molecular flexibility index (Phi) is 3.56. The van der Waals surface area contributed by atoms with Crippen molar-refractivity contribution < 1.29 is 9.53 Å². The summed E-state index contributed by atoms with van der Waals surface area (Å²) in [5.74, 6) is -0.301. The summed E-state index contributed by atoms with van der Waals surface area (Å²) >= 11 is 12.6. The van der Waals surface area contributed by atoms with Crippen molar-refractivity contribution in [2.45, 2.75) is 0 Å². The van der Waals surface area contributed by atoms with Gasteiger partial charge in [0.15, 0.2) is 11.4 Å². The zero-order valence-electron chi connectivity index (χ0n) is 9.84. The number of para-hydroxylation sites is 1. The molecule has 0 aliphatic carbocycles. The van der Waals surface area contributed by atoms with E-state index in [2.05, 4.69) is 9.36 Å². The first-order valence-corrected chi connectivity index (χ1v) is 7.06. The number of fused-ring (bicyclic) bond motifs is 1. The lowest BCUT2D eigenvalue weighted by atomic mass is 10.2. The van der Waals surface area contributed by atoms with Crippen LogP contribution in [0.2, 0.25) is 9.36 Å². The van der Waals surface area contributed by atoms with E-state index in [1.54, 1.807) is 18.3 Å². The van der Waals surface area contributed by atoms with Crippen molar-refractivity contribution in [2.75, 3.05) is 0 Å². The van der Waals surface area contributed by atoms with Gasteiger partial charge in [-0.1, -0.05) is 41.4 Å². The fraction of sp³-hybridized carbons (Fsp3) is 0. The van der Waals surface area contributed by atoms with Gasteiger partial charge in [0.05, 0.1) is 0 Å². The van der Waals surface area contributed by atoms with Crippen LogP contribution in [0.1, 0.15) is 10.5 Å². The minimum Gasteiger partial charge on any atom is -0.419 e. The maximum Gasteiger partial charge on any atom is 0.365 e. The molecule has 0 atom stereocenters. The molecule has 3 rings (SSSR count). The average molecular weight is 325 g/mol. The van der Waals surface area contributed by atoms with Crippen molar-refractivity contribution in [3.63, 3.8) is 0 Å². The molecular formula is C13H6Cl2N2O2S. The lowest BCUT2D eigenvalue weighted by Crippen LogP contribution is -2.09. The van der Waals surface area contributed by atoms with Crippen LogP contribution in [0.3, 0.4) is 0 Å². The number of halogens is 2. The highest BCUT2D eigenvalue weighted by Crippen LogP contribution is 2.31. The quantitative estimate of drug-likeness (QED) is 0.523. The monoisotopic (exact) mass is 324 g/mol. The fourth-order valence-electron chi connectivity index (χ4n) is 1.69. The van der Waals surface area contributed by atoms with Crippen molar-refractivity contribution in [3.05, 3.63) is 51.6 Å². The van der Waals surface area contributed by atoms with Gasteiger partial charge in [0.25, 0.3) is 0 Å². The number of benzene rings is 1. The van der Waals surface area contributed by atoms with E-state index in [-0.39, 0.29) is 15.1 Å². The van der Waals surface area contributed by atoms with Gasteiger partial charge in [0, 0.05) is 11.6 Å². The summed E-state index contributed by atoms with van der Waals surface area (Å²) in [6, 6.07) is 9.01. The number of hydrogen-bond donors (Lipinski definition) is 0. The number of carbonyl (C=O) groups excluding carboxylic acids is 1. The van der Waals surface area contributed by atoms with Crippen LogP contribution < -0.4 is 4.74 Å². The predicted octanol–water partition coefficient (Wildman–Crippen LogP) is 4.22. The number of pyridine rings is 1. The Balaban J connectivity index is 1.97. The summed E-state index contributed by atoms with van der Waals surface area (Å²) in [6.07, 6.45) is 1.63. The molecule has 0 unspecified atom stereocenters. The molecule has 0 saturated heterocycles. The predicted molar refractivity (Wildman–Crippen MR) is 78.8 cm³/mol. The fourth-order valence-corrected chi connectivity index (χ4v) is 2.67. The molecule has 2 aromatic heterocycles. The number of aromatic nitrogens is 2. The lowest BCUT2D eigenvalue weighted by Gasteiger charge is -2.05. The highest BCUT2D eigenvalue weighted by atomic mass is 35.5. The summed E-state index contributed by atoms with van der Waals surface area (Å²) < 4.78 is 9.44. The van der Waals surface area contributed by atoms with Gasteiger partial charge in [-0.15, -0.1) is 0 Å². The molecule has 2 heterocycles. The van der Waals surface area contributed by atoms with E-state index in [9.17, 15) is 4.79 Å². The van der Waals surface area contributed by atoms with Crippen molar-refractivity contribution in [3.8, 4) is 5.75 Å². The Hall–Kier alpha value is -1.69. The second kappa shape index (κ2) is 5.36. The maximum atomic E-state index is 12.0. The number of rotatable bonds is 2. The molecule has 0 fully saturated rings. The minimum absolute atomic E-state index is 0.00889. The van der Waals surface area contributed by atoms with Crippen LogP contribution in [-0.2, 0) is 0 Å². The SMILES string of the molecule is O=C(Oc1cccc2cccnc12)c1nsc(Cl)c1Cl. The normalized spacial score (nSPS) is 10.7. The van der Waals surface area contributed by atoms with Gasteiger partial charge in [-0.3, -0.25) is 4.98 Å². The molecule has 7 heteroatoms. The van der Waals surface area contributed by atoms with E-state index in [0.29, 0.717) is 11.3 Å². The van der Waals surface area contributed by atoms with Crippen molar-refractivity contribution in [2.24, 2.45) is 0 Å². The molecule has 0 aliphatic heterocycles. The van der Waals surface area contributed by atoms with E-state index in [1.807, 2.05) is 18.2 Å². The first-order valence-electron chi connectivity index (χ1n) is 5.53. The Bertz CT molecular complexity index is 799. The van der Waals surface area contributed by atoms with Crippen molar-refractivity contribution in [1.29, 1.82) is 0 Å². The highest BCUT2D eigenvalue weighted by Gasteiger charge is 2.20.